The number of hydrogen-bond donors (Lipinski definition) is 1. The Balaban J connectivity index is 1.78. The molecule has 30 heavy (non-hydrogen) atoms. The lowest BCUT2D eigenvalue weighted by molar-refractivity contribution is -0.119. The number of nitrogens with zero attached hydrogens (tertiary/aromatic N) is 2. The number of rotatable bonds is 6. The van der Waals surface area contributed by atoms with Crippen LogP contribution in [0, 0.1) is 5.92 Å². The van der Waals surface area contributed by atoms with E-state index in [9.17, 15) is 9.59 Å². The van der Waals surface area contributed by atoms with E-state index < -0.39 is 0 Å². The average molecular weight is 442 g/mol. The number of carbonyl (C=O) groups is 1. The van der Waals surface area contributed by atoms with Gasteiger partial charge in [-0.3, -0.25) is 14.2 Å². The first-order valence-corrected chi connectivity index (χ1v) is 12.3. The molecular weight excluding hydrogens is 414 g/mol. The Morgan fingerprint density at radius 2 is 2.13 bits per heavy atom. The second-order valence-electron chi connectivity index (χ2n) is 8.07. The van der Waals surface area contributed by atoms with Gasteiger partial charge in [0.15, 0.2) is 5.16 Å². The van der Waals surface area contributed by atoms with Crippen molar-refractivity contribution in [3.05, 3.63) is 51.1 Å². The molecule has 1 aliphatic carbocycles. The summed E-state index contributed by atoms with van der Waals surface area (Å²) in [6, 6.07) is 9.73. The summed E-state index contributed by atoms with van der Waals surface area (Å²) in [5, 5.41) is 4.32. The molecule has 1 aromatic carbocycles. The van der Waals surface area contributed by atoms with E-state index in [0.29, 0.717) is 11.1 Å². The van der Waals surface area contributed by atoms with Gasteiger partial charge in [-0.05, 0) is 56.2 Å². The first-order chi connectivity index (χ1) is 14.5. The van der Waals surface area contributed by atoms with E-state index in [2.05, 4.69) is 12.2 Å². The van der Waals surface area contributed by atoms with Crippen LogP contribution in [-0.2, 0) is 17.6 Å². The topological polar surface area (TPSA) is 64.0 Å². The van der Waals surface area contributed by atoms with E-state index in [1.165, 1.54) is 22.2 Å². The summed E-state index contributed by atoms with van der Waals surface area (Å²) in [7, 11) is 0. The van der Waals surface area contributed by atoms with E-state index in [1.807, 2.05) is 44.2 Å². The lowest BCUT2D eigenvalue weighted by Crippen LogP contribution is -2.33. The number of aryl methyl sites for hydroxylation is 1. The zero-order chi connectivity index (χ0) is 21.3. The summed E-state index contributed by atoms with van der Waals surface area (Å²) in [6.07, 6.45) is 3.94. The smallest absolute Gasteiger partial charge is 0.267 e. The Kier molecular flexibility index (Phi) is 6.29. The number of fused-ring (bicyclic) bond motifs is 3. The molecule has 1 aliphatic rings. The number of nitrogens with one attached hydrogen (secondary N) is 1. The molecule has 0 spiro atoms. The average Bonchev–Trinajstić information content (AvgIpc) is 3.10. The molecule has 2 heterocycles. The number of thioether (sulfide) groups is 1. The molecule has 7 heteroatoms. The molecule has 1 amide bonds. The van der Waals surface area contributed by atoms with Crippen LogP contribution in [0.1, 0.15) is 44.1 Å². The maximum absolute atomic E-state index is 13.6. The minimum atomic E-state index is -0.0393. The van der Waals surface area contributed by atoms with E-state index in [-0.39, 0.29) is 23.3 Å². The Morgan fingerprint density at radius 3 is 2.87 bits per heavy atom. The molecule has 0 saturated heterocycles. The van der Waals surface area contributed by atoms with Crippen LogP contribution in [0.3, 0.4) is 0 Å². The van der Waals surface area contributed by atoms with Crippen molar-refractivity contribution in [1.29, 1.82) is 0 Å². The van der Waals surface area contributed by atoms with Gasteiger partial charge in [0.2, 0.25) is 5.91 Å². The third-order valence-electron chi connectivity index (χ3n) is 5.67. The summed E-state index contributed by atoms with van der Waals surface area (Å²) in [6.45, 7) is 6.30. The number of carbonyl (C=O) groups excluding carboxylic acids is 1. The largest absolute Gasteiger partial charge is 0.353 e. The molecule has 1 N–H and O–H groups in total. The van der Waals surface area contributed by atoms with Crippen molar-refractivity contribution >= 4 is 39.2 Å². The van der Waals surface area contributed by atoms with Crippen LogP contribution < -0.4 is 10.9 Å². The highest BCUT2D eigenvalue weighted by Crippen LogP contribution is 2.36. The molecule has 0 aliphatic heterocycles. The quantitative estimate of drug-likeness (QED) is 0.449. The predicted octanol–water partition coefficient (Wildman–Crippen LogP) is 4.58. The zero-order valence-corrected chi connectivity index (χ0v) is 19.2. The highest BCUT2D eigenvalue weighted by atomic mass is 32.2. The van der Waals surface area contributed by atoms with Crippen molar-refractivity contribution < 1.29 is 4.79 Å². The predicted molar refractivity (Wildman–Crippen MR) is 125 cm³/mol. The van der Waals surface area contributed by atoms with Gasteiger partial charge in [0.1, 0.15) is 4.83 Å². The van der Waals surface area contributed by atoms with E-state index in [0.717, 1.165) is 41.6 Å². The van der Waals surface area contributed by atoms with Gasteiger partial charge < -0.3 is 5.32 Å². The lowest BCUT2D eigenvalue weighted by atomic mass is 9.89. The van der Waals surface area contributed by atoms with Crippen LogP contribution in [0.15, 0.2) is 40.3 Å². The fourth-order valence-electron chi connectivity index (χ4n) is 3.82. The summed E-state index contributed by atoms with van der Waals surface area (Å²) in [5.74, 6) is 0.833. The third kappa shape index (κ3) is 4.18. The van der Waals surface area contributed by atoms with E-state index in [1.54, 1.807) is 15.9 Å². The Labute approximate surface area is 184 Å². The maximum atomic E-state index is 13.6. The molecule has 0 fully saturated rings. The number of thiophene rings is 1. The molecule has 0 radical (unpaired) electrons. The molecule has 3 aromatic rings. The Morgan fingerprint density at radius 1 is 1.37 bits per heavy atom. The molecule has 4 rings (SSSR count). The van der Waals surface area contributed by atoms with E-state index >= 15 is 0 Å². The van der Waals surface area contributed by atoms with Crippen LogP contribution in [0.25, 0.3) is 15.9 Å². The van der Waals surface area contributed by atoms with Gasteiger partial charge in [0.25, 0.3) is 5.56 Å². The van der Waals surface area contributed by atoms with Gasteiger partial charge >= 0.3 is 0 Å². The van der Waals surface area contributed by atoms with Crippen molar-refractivity contribution in [2.45, 2.75) is 57.7 Å². The fourth-order valence-corrected chi connectivity index (χ4v) is 6.07. The third-order valence-corrected chi connectivity index (χ3v) is 7.75. The van der Waals surface area contributed by atoms with Crippen LogP contribution in [0.5, 0.6) is 0 Å². The van der Waals surface area contributed by atoms with Crippen LogP contribution in [0.4, 0.5) is 0 Å². The summed E-state index contributed by atoms with van der Waals surface area (Å²) in [4.78, 5) is 33.0. The van der Waals surface area contributed by atoms with Crippen LogP contribution in [0.2, 0.25) is 0 Å². The molecule has 2 atom stereocenters. The molecule has 0 unspecified atom stereocenters. The van der Waals surface area contributed by atoms with Crippen LogP contribution >= 0.6 is 23.1 Å². The van der Waals surface area contributed by atoms with Crippen molar-refractivity contribution in [2.75, 3.05) is 5.75 Å². The molecule has 2 aromatic heterocycles. The van der Waals surface area contributed by atoms with Crippen LogP contribution in [-0.4, -0.2) is 27.3 Å². The van der Waals surface area contributed by atoms with Gasteiger partial charge in [-0.25, -0.2) is 4.98 Å². The number of amides is 1. The van der Waals surface area contributed by atoms with Crippen molar-refractivity contribution in [2.24, 2.45) is 5.92 Å². The summed E-state index contributed by atoms with van der Waals surface area (Å²) >= 11 is 2.97. The normalized spacial score (nSPS) is 17.0. The van der Waals surface area contributed by atoms with Crippen molar-refractivity contribution in [3.8, 4) is 5.69 Å². The first kappa shape index (κ1) is 21.1. The second-order valence-corrected chi connectivity index (χ2v) is 10.1. The number of hydrogen-bond acceptors (Lipinski definition) is 5. The van der Waals surface area contributed by atoms with Gasteiger partial charge in [0.05, 0.1) is 16.8 Å². The minimum absolute atomic E-state index is 0.0249. The number of para-hydroxylation sites is 1. The number of aromatic nitrogens is 2. The number of benzene rings is 1. The van der Waals surface area contributed by atoms with Gasteiger partial charge in [-0.1, -0.05) is 43.8 Å². The van der Waals surface area contributed by atoms with Gasteiger partial charge in [-0.2, -0.15) is 0 Å². The van der Waals surface area contributed by atoms with Crippen molar-refractivity contribution in [3.63, 3.8) is 0 Å². The monoisotopic (exact) mass is 441 g/mol. The summed E-state index contributed by atoms with van der Waals surface area (Å²) in [5.41, 5.74) is 1.94. The fraction of sp³-hybridized carbons (Fsp3) is 0.435. The first-order valence-electron chi connectivity index (χ1n) is 10.5. The van der Waals surface area contributed by atoms with E-state index in [4.69, 9.17) is 4.98 Å². The molecular formula is C23H27N3O2S2. The SMILES string of the molecule is CC[C@H](C)NC(=O)CSc1nc2sc3c(c2c(=O)n1-c1ccccc1)CC[C@@H](C)C3. The Hall–Kier alpha value is -2.12. The summed E-state index contributed by atoms with van der Waals surface area (Å²) < 4.78 is 1.68. The second kappa shape index (κ2) is 8.94. The highest BCUT2D eigenvalue weighted by molar-refractivity contribution is 7.99. The maximum Gasteiger partial charge on any atom is 0.267 e. The Bertz CT molecular complexity index is 1120. The molecule has 5 nitrogen and oxygen atoms in total. The zero-order valence-electron chi connectivity index (χ0n) is 17.6. The minimum Gasteiger partial charge on any atom is -0.353 e. The highest BCUT2D eigenvalue weighted by Gasteiger charge is 2.25. The standard InChI is InChI=1S/C23H27N3O2S2/c1-4-15(3)24-19(27)13-29-23-25-21-20(17-11-10-14(2)12-18(17)30-21)22(28)26(23)16-8-6-5-7-9-16/h5-9,14-15H,4,10-13H2,1-3H3,(H,24,27)/t14-,15+/m1/s1. The van der Waals surface area contributed by atoms with Gasteiger partial charge in [-0.15, -0.1) is 11.3 Å². The van der Waals surface area contributed by atoms with Crippen molar-refractivity contribution in [1.82, 2.24) is 14.9 Å². The van der Waals surface area contributed by atoms with Gasteiger partial charge in [0, 0.05) is 10.9 Å². The molecule has 0 saturated carbocycles. The molecule has 158 valence electrons. The molecule has 0 bridgehead atoms. The lowest BCUT2D eigenvalue weighted by Gasteiger charge is -2.18.